The van der Waals surface area contributed by atoms with E-state index in [0.717, 1.165) is 44.7 Å². The minimum Gasteiger partial charge on any atom is -0.383 e. The predicted molar refractivity (Wildman–Crippen MR) is 88.3 cm³/mol. The van der Waals surface area contributed by atoms with Gasteiger partial charge in [-0.05, 0) is 38.3 Å². The van der Waals surface area contributed by atoms with Crippen LogP contribution >= 0.6 is 0 Å². The molecule has 2 rings (SSSR count). The number of aromatic nitrogens is 1. The van der Waals surface area contributed by atoms with Gasteiger partial charge in [-0.3, -0.25) is 4.79 Å². The Bertz CT molecular complexity index is 475. The molecule has 5 heteroatoms. The Balaban J connectivity index is 2.06. The first-order chi connectivity index (χ1) is 10.7. The molecule has 1 aromatic rings. The zero-order valence-corrected chi connectivity index (χ0v) is 13.9. The van der Waals surface area contributed by atoms with Crippen LogP contribution in [0.2, 0.25) is 0 Å². The zero-order chi connectivity index (χ0) is 15.9. The average Bonchev–Trinajstić information content (AvgIpc) is 2.97. The predicted octanol–water partition coefficient (Wildman–Crippen LogP) is 2.57. The molecular weight excluding hydrogens is 278 g/mol. The van der Waals surface area contributed by atoms with E-state index in [-0.39, 0.29) is 5.91 Å². The highest BCUT2D eigenvalue weighted by molar-refractivity contribution is 5.94. The van der Waals surface area contributed by atoms with E-state index in [2.05, 4.69) is 23.7 Å². The molecule has 0 aromatic carbocycles. The molecule has 1 unspecified atom stereocenters. The number of rotatable bonds is 7. The summed E-state index contributed by atoms with van der Waals surface area (Å²) in [4.78, 5) is 21.1. The minimum absolute atomic E-state index is 0.1000. The molecule has 1 atom stereocenters. The number of ether oxygens (including phenoxy) is 1. The normalized spacial score (nSPS) is 17.8. The average molecular weight is 305 g/mol. The molecular formula is C17H27N3O2. The van der Waals surface area contributed by atoms with Crippen molar-refractivity contribution in [2.75, 3.05) is 38.3 Å². The van der Waals surface area contributed by atoms with E-state index >= 15 is 0 Å². The zero-order valence-electron chi connectivity index (χ0n) is 13.9. The summed E-state index contributed by atoms with van der Waals surface area (Å²) in [6.45, 7) is 7.54. The van der Waals surface area contributed by atoms with Crippen LogP contribution in [0.3, 0.4) is 0 Å². The topological polar surface area (TPSA) is 45.7 Å². The maximum Gasteiger partial charge on any atom is 0.255 e. The van der Waals surface area contributed by atoms with Crippen LogP contribution in [0.4, 0.5) is 5.82 Å². The number of anilines is 1. The Morgan fingerprint density at radius 3 is 2.82 bits per heavy atom. The molecule has 1 fully saturated rings. The van der Waals surface area contributed by atoms with Crippen LogP contribution in [0.15, 0.2) is 18.3 Å². The second-order valence-electron chi connectivity index (χ2n) is 5.87. The fraction of sp³-hybridized carbons (Fsp3) is 0.647. The highest BCUT2D eigenvalue weighted by Crippen LogP contribution is 2.20. The number of nitrogens with zero attached hydrogens (tertiary/aromatic N) is 3. The molecule has 1 aliphatic rings. The van der Waals surface area contributed by atoms with Crippen LogP contribution in [-0.4, -0.2) is 55.2 Å². The molecule has 0 N–H and O–H groups in total. The van der Waals surface area contributed by atoms with Crippen molar-refractivity contribution in [1.29, 1.82) is 0 Å². The second kappa shape index (κ2) is 8.13. The molecule has 0 aliphatic carbocycles. The molecule has 22 heavy (non-hydrogen) atoms. The molecule has 5 nitrogen and oxygen atoms in total. The summed E-state index contributed by atoms with van der Waals surface area (Å²) >= 11 is 0. The van der Waals surface area contributed by atoms with Gasteiger partial charge in [0.1, 0.15) is 5.82 Å². The number of carbonyl (C=O) groups is 1. The lowest BCUT2D eigenvalue weighted by atomic mass is 10.2. The van der Waals surface area contributed by atoms with Gasteiger partial charge in [0, 0.05) is 39.0 Å². The fourth-order valence-corrected chi connectivity index (χ4v) is 2.91. The van der Waals surface area contributed by atoms with Gasteiger partial charge in [-0.2, -0.15) is 0 Å². The summed E-state index contributed by atoms with van der Waals surface area (Å²) in [5.41, 5.74) is 0.681. The van der Waals surface area contributed by atoms with Gasteiger partial charge in [-0.15, -0.1) is 0 Å². The van der Waals surface area contributed by atoms with Gasteiger partial charge in [0.25, 0.3) is 5.91 Å². The van der Waals surface area contributed by atoms with Crippen LogP contribution in [-0.2, 0) is 4.74 Å². The van der Waals surface area contributed by atoms with Crippen molar-refractivity contribution in [2.24, 2.45) is 0 Å². The maximum atomic E-state index is 12.5. The van der Waals surface area contributed by atoms with E-state index in [1.54, 1.807) is 13.3 Å². The van der Waals surface area contributed by atoms with Gasteiger partial charge >= 0.3 is 0 Å². The highest BCUT2D eigenvalue weighted by Gasteiger charge is 2.26. The molecule has 0 spiro atoms. The second-order valence-corrected chi connectivity index (χ2v) is 5.87. The molecule has 1 amide bonds. The van der Waals surface area contributed by atoms with Crippen molar-refractivity contribution in [3.05, 3.63) is 23.9 Å². The van der Waals surface area contributed by atoms with Gasteiger partial charge < -0.3 is 14.5 Å². The third-order valence-corrected chi connectivity index (χ3v) is 4.19. The van der Waals surface area contributed by atoms with Crippen molar-refractivity contribution in [2.45, 2.75) is 39.2 Å². The summed E-state index contributed by atoms with van der Waals surface area (Å²) in [6, 6.07) is 4.18. The first-order valence-electron chi connectivity index (χ1n) is 8.18. The molecule has 1 aromatic heterocycles. The van der Waals surface area contributed by atoms with Crippen molar-refractivity contribution in [3.8, 4) is 0 Å². The highest BCUT2D eigenvalue weighted by atomic mass is 16.5. The minimum atomic E-state index is 0.1000. The Hall–Kier alpha value is -1.62. The smallest absolute Gasteiger partial charge is 0.255 e. The number of methoxy groups -OCH3 is 1. The van der Waals surface area contributed by atoms with Crippen molar-refractivity contribution >= 4 is 11.7 Å². The monoisotopic (exact) mass is 305 g/mol. The molecule has 0 saturated carbocycles. The maximum absolute atomic E-state index is 12.5. The van der Waals surface area contributed by atoms with Crippen LogP contribution in [0.25, 0.3) is 0 Å². The third-order valence-electron chi connectivity index (χ3n) is 4.19. The number of pyridine rings is 1. The standard InChI is InChI=1S/C17H27N3O2/c1-4-9-19(11-12-22-3)16-8-7-15(13-18-16)17(21)20-10-5-6-14(20)2/h7-8,13-14H,4-6,9-12H2,1-3H3. The van der Waals surface area contributed by atoms with Crippen molar-refractivity contribution in [1.82, 2.24) is 9.88 Å². The van der Waals surface area contributed by atoms with E-state index in [0.29, 0.717) is 18.2 Å². The van der Waals surface area contributed by atoms with E-state index in [4.69, 9.17) is 4.74 Å². The molecule has 2 heterocycles. The Morgan fingerprint density at radius 1 is 1.45 bits per heavy atom. The third kappa shape index (κ3) is 3.97. The lowest BCUT2D eigenvalue weighted by Crippen LogP contribution is -2.34. The van der Waals surface area contributed by atoms with E-state index < -0.39 is 0 Å². The van der Waals surface area contributed by atoms with Gasteiger partial charge in [0.2, 0.25) is 0 Å². The number of likely N-dealkylation sites (tertiary alicyclic amines) is 1. The summed E-state index contributed by atoms with van der Waals surface area (Å²) in [7, 11) is 1.70. The van der Waals surface area contributed by atoms with Crippen LogP contribution in [0.5, 0.6) is 0 Å². The van der Waals surface area contributed by atoms with E-state index in [1.165, 1.54) is 0 Å². The van der Waals surface area contributed by atoms with Crippen LogP contribution in [0, 0.1) is 0 Å². The lowest BCUT2D eigenvalue weighted by Gasteiger charge is -2.24. The lowest BCUT2D eigenvalue weighted by molar-refractivity contribution is 0.0747. The first kappa shape index (κ1) is 16.7. The molecule has 1 aliphatic heterocycles. The van der Waals surface area contributed by atoms with Crippen molar-refractivity contribution in [3.63, 3.8) is 0 Å². The van der Waals surface area contributed by atoms with Crippen molar-refractivity contribution < 1.29 is 9.53 Å². The van der Waals surface area contributed by atoms with Crippen LogP contribution < -0.4 is 4.90 Å². The largest absolute Gasteiger partial charge is 0.383 e. The molecule has 122 valence electrons. The Kier molecular flexibility index (Phi) is 6.19. The molecule has 0 bridgehead atoms. The van der Waals surface area contributed by atoms with Crippen LogP contribution in [0.1, 0.15) is 43.5 Å². The van der Waals surface area contributed by atoms with Gasteiger partial charge in [-0.25, -0.2) is 4.98 Å². The quantitative estimate of drug-likeness (QED) is 0.777. The number of amides is 1. The SMILES string of the molecule is CCCN(CCOC)c1ccc(C(=O)N2CCCC2C)cn1. The molecule has 1 saturated heterocycles. The number of hydrogen-bond donors (Lipinski definition) is 0. The summed E-state index contributed by atoms with van der Waals surface area (Å²) in [5, 5.41) is 0. The Labute approximate surface area is 133 Å². The summed E-state index contributed by atoms with van der Waals surface area (Å²) in [5.74, 6) is 1.01. The van der Waals surface area contributed by atoms with E-state index in [9.17, 15) is 4.79 Å². The van der Waals surface area contributed by atoms with Gasteiger partial charge in [-0.1, -0.05) is 6.92 Å². The summed E-state index contributed by atoms with van der Waals surface area (Å²) < 4.78 is 5.15. The Morgan fingerprint density at radius 2 is 2.27 bits per heavy atom. The molecule has 0 radical (unpaired) electrons. The number of carbonyl (C=O) groups excluding carboxylic acids is 1. The van der Waals surface area contributed by atoms with E-state index in [1.807, 2.05) is 17.0 Å². The van der Waals surface area contributed by atoms with Gasteiger partial charge in [0.15, 0.2) is 0 Å². The fourth-order valence-electron chi connectivity index (χ4n) is 2.91. The van der Waals surface area contributed by atoms with Gasteiger partial charge in [0.05, 0.1) is 12.2 Å². The summed E-state index contributed by atoms with van der Waals surface area (Å²) in [6.07, 6.45) is 4.95. The number of hydrogen-bond acceptors (Lipinski definition) is 4. The first-order valence-corrected chi connectivity index (χ1v) is 8.18.